The molecule has 0 bridgehead atoms. The Labute approximate surface area is 202 Å². The number of nitrogens with one attached hydrogen (secondary N) is 1. The van der Waals surface area contributed by atoms with Gasteiger partial charge in [-0.2, -0.15) is 0 Å². The number of nitrogens with zero attached hydrogens (tertiary/aromatic N) is 2. The summed E-state index contributed by atoms with van der Waals surface area (Å²) in [4.78, 5) is 22.4. The molecule has 0 aliphatic rings. The number of thiazole rings is 1. The molecule has 5 aromatic rings. The van der Waals surface area contributed by atoms with E-state index in [9.17, 15) is 9.18 Å². The van der Waals surface area contributed by atoms with E-state index in [0.717, 1.165) is 11.1 Å². The van der Waals surface area contributed by atoms with Gasteiger partial charge in [-0.3, -0.25) is 10.1 Å². The number of hydrogen-bond donors (Lipinski definition) is 1. The highest BCUT2D eigenvalue weighted by atomic mass is 35.5. The van der Waals surface area contributed by atoms with Crippen molar-refractivity contribution in [1.29, 1.82) is 0 Å². The number of carbonyl (C=O) groups is 1. The first-order chi connectivity index (χ1) is 16.0. The van der Waals surface area contributed by atoms with Crippen LogP contribution in [0, 0.1) is 5.82 Å². The summed E-state index contributed by atoms with van der Waals surface area (Å²) >= 11 is 13.5. The van der Waals surface area contributed by atoms with Crippen LogP contribution in [0.5, 0.6) is 0 Å². The molecule has 3 aromatic carbocycles. The Hall–Kier alpha value is -3.32. The SMILES string of the molecule is O=C(Nc1nc(-c2ccc(F)cc2)cs1)c1cc(-c2ccc(Cl)c(Cl)c2)nc2ccccc12. The van der Waals surface area contributed by atoms with E-state index in [1.807, 2.05) is 35.7 Å². The minimum absolute atomic E-state index is 0.310. The lowest BCUT2D eigenvalue weighted by atomic mass is 10.0. The maximum absolute atomic E-state index is 13.3. The smallest absolute Gasteiger partial charge is 0.258 e. The van der Waals surface area contributed by atoms with Gasteiger partial charge in [0.25, 0.3) is 5.91 Å². The zero-order valence-electron chi connectivity index (χ0n) is 16.9. The fourth-order valence-electron chi connectivity index (χ4n) is 3.42. The first-order valence-corrected chi connectivity index (χ1v) is 11.5. The second-order valence-corrected chi connectivity index (χ2v) is 8.87. The van der Waals surface area contributed by atoms with E-state index in [-0.39, 0.29) is 11.7 Å². The lowest BCUT2D eigenvalue weighted by Crippen LogP contribution is -2.13. The molecule has 33 heavy (non-hydrogen) atoms. The Morgan fingerprint density at radius 2 is 1.61 bits per heavy atom. The molecule has 0 fully saturated rings. The normalized spacial score (nSPS) is 11.0. The fraction of sp³-hybridized carbons (Fsp3) is 0. The highest BCUT2D eigenvalue weighted by molar-refractivity contribution is 7.14. The predicted octanol–water partition coefficient (Wildman–Crippen LogP) is 7.72. The Morgan fingerprint density at radius 3 is 2.39 bits per heavy atom. The molecular formula is C25H14Cl2FN3OS. The second-order valence-electron chi connectivity index (χ2n) is 7.20. The zero-order valence-corrected chi connectivity index (χ0v) is 19.2. The molecule has 5 rings (SSSR count). The number of fused-ring (bicyclic) bond motifs is 1. The topological polar surface area (TPSA) is 54.9 Å². The summed E-state index contributed by atoms with van der Waals surface area (Å²) in [7, 11) is 0. The van der Waals surface area contributed by atoms with Crippen molar-refractivity contribution in [2.45, 2.75) is 0 Å². The summed E-state index contributed by atoms with van der Waals surface area (Å²) in [6, 6.07) is 20.4. The van der Waals surface area contributed by atoms with Crippen molar-refractivity contribution in [3.63, 3.8) is 0 Å². The number of benzene rings is 3. The van der Waals surface area contributed by atoms with Gasteiger partial charge in [-0.05, 0) is 48.5 Å². The average molecular weight is 494 g/mol. The number of hydrogen-bond acceptors (Lipinski definition) is 4. The molecule has 0 aliphatic heterocycles. The van der Waals surface area contributed by atoms with Crippen molar-refractivity contribution >= 4 is 56.5 Å². The van der Waals surface area contributed by atoms with Crippen LogP contribution in [0.1, 0.15) is 10.4 Å². The fourth-order valence-corrected chi connectivity index (χ4v) is 4.43. The molecule has 0 saturated heterocycles. The van der Waals surface area contributed by atoms with Crippen LogP contribution in [0.2, 0.25) is 10.0 Å². The Morgan fingerprint density at radius 1 is 0.848 bits per heavy atom. The molecule has 8 heteroatoms. The number of amides is 1. The number of aromatic nitrogens is 2. The molecule has 0 saturated carbocycles. The maximum Gasteiger partial charge on any atom is 0.258 e. The van der Waals surface area contributed by atoms with Crippen LogP contribution < -0.4 is 5.32 Å². The third kappa shape index (κ3) is 4.46. The van der Waals surface area contributed by atoms with Crippen LogP contribution in [0.25, 0.3) is 33.4 Å². The first-order valence-electron chi connectivity index (χ1n) is 9.86. The van der Waals surface area contributed by atoms with Gasteiger partial charge in [-0.15, -0.1) is 11.3 Å². The van der Waals surface area contributed by atoms with Gasteiger partial charge in [0.15, 0.2) is 5.13 Å². The van der Waals surface area contributed by atoms with Gasteiger partial charge in [0.05, 0.1) is 32.5 Å². The van der Waals surface area contributed by atoms with Gasteiger partial charge < -0.3 is 0 Å². The van der Waals surface area contributed by atoms with Crippen LogP contribution >= 0.6 is 34.5 Å². The van der Waals surface area contributed by atoms with Crippen molar-refractivity contribution in [3.8, 4) is 22.5 Å². The number of para-hydroxylation sites is 1. The largest absolute Gasteiger partial charge is 0.298 e. The summed E-state index contributed by atoms with van der Waals surface area (Å²) in [6.45, 7) is 0. The molecule has 0 spiro atoms. The number of carbonyl (C=O) groups excluding carboxylic acids is 1. The van der Waals surface area contributed by atoms with Gasteiger partial charge >= 0.3 is 0 Å². The highest BCUT2D eigenvalue weighted by Crippen LogP contribution is 2.31. The zero-order chi connectivity index (χ0) is 22.9. The van der Waals surface area contributed by atoms with E-state index < -0.39 is 0 Å². The molecule has 0 atom stereocenters. The number of rotatable bonds is 4. The number of anilines is 1. The lowest BCUT2D eigenvalue weighted by molar-refractivity contribution is 0.102. The van der Waals surface area contributed by atoms with Crippen molar-refractivity contribution in [1.82, 2.24) is 9.97 Å². The van der Waals surface area contributed by atoms with Crippen molar-refractivity contribution in [2.75, 3.05) is 5.32 Å². The summed E-state index contributed by atoms with van der Waals surface area (Å²) < 4.78 is 13.2. The minimum Gasteiger partial charge on any atom is -0.298 e. The number of halogens is 3. The van der Waals surface area contributed by atoms with E-state index in [4.69, 9.17) is 28.2 Å². The molecule has 1 N–H and O–H groups in total. The average Bonchev–Trinajstić information content (AvgIpc) is 3.29. The third-order valence-electron chi connectivity index (χ3n) is 5.04. The summed E-state index contributed by atoms with van der Waals surface area (Å²) in [5.74, 6) is -0.625. The van der Waals surface area contributed by atoms with E-state index in [2.05, 4.69) is 10.3 Å². The molecule has 0 unspecified atom stereocenters. The highest BCUT2D eigenvalue weighted by Gasteiger charge is 2.16. The molecule has 1 amide bonds. The monoisotopic (exact) mass is 493 g/mol. The molecule has 0 aliphatic carbocycles. The number of pyridine rings is 1. The molecule has 0 radical (unpaired) electrons. The molecule has 162 valence electrons. The molecule has 2 aromatic heterocycles. The second kappa shape index (κ2) is 8.90. The van der Waals surface area contributed by atoms with E-state index in [0.29, 0.717) is 43.0 Å². The molecule has 4 nitrogen and oxygen atoms in total. The van der Waals surface area contributed by atoms with Gasteiger partial charge in [0, 0.05) is 21.9 Å². The summed E-state index contributed by atoms with van der Waals surface area (Å²) in [5.41, 5.74) is 3.91. The standard InChI is InChI=1S/C25H14Cl2FN3OS/c26-19-10-7-15(11-20(19)27)22-12-18(17-3-1-2-4-21(17)29-22)24(32)31-25-30-23(13-33-25)14-5-8-16(28)9-6-14/h1-13H,(H,30,31,32). The molecular weight excluding hydrogens is 480 g/mol. The van der Waals surface area contributed by atoms with Gasteiger partial charge in [-0.25, -0.2) is 14.4 Å². The van der Waals surface area contributed by atoms with Crippen LogP contribution in [0.3, 0.4) is 0 Å². The van der Waals surface area contributed by atoms with Crippen molar-refractivity contribution in [2.24, 2.45) is 0 Å². The Bertz CT molecular complexity index is 1500. The van der Waals surface area contributed by atoms with Crippen molar-refractivity contribution < 1.29 is 9.18 Å². The third-order valence-corrected chi connectivity index (χ3v) is 6.54. The summed E-state index contributed by atoms with van der Waals surface area (Å²) in [6.07, 6.45) is 0. The van der Waals surface area contributed by atoms with Gasteiger partial charge in [0.2, 0.25) is 0 Å². The van der Waals surface area contributed by atoms with E-state index in [1.165, 1.54) is 23.5 Å². The lowest BCUT2D eigenvalue weighted by Gasteiger charge is -2.10. The Balaban J connectivity index is 1.50. The van der Waals surface area contributed by atoms with Crippen LogP contribution in [-0.4, -0.2) is 15.9 Å². The predicted molar refractivity (Wildman–Crippen MR) is 133 cm³/mol. The van der Waals surface area contributed by atoms with Crippen LogP contribution in [0.4, 0.5) is 9.52 Å². The molecule has 2 heterocycles. The Kier molecular flexibility index (Phi) is 5.81. The van der Waals surface area contributed by atoms with Crippen LogP contribution in [0.15, 0.2) is 78.2 Å². The van der Waals surface area contributed by atoms with E-state index in [1.54, 1.807) is 30.3 Å². The minimum atomic E-state index is -0.315. The van der Waals surface area contributed by atoms with Crippen LogP contribution in [-0.2, 0) is 0 Å². The van der Waals surface area contributed by atoms with Crippen molar-refractivity contribution in [3.05, 3.63) is 99.6 Å². The van der Waals surface area contributed by atoms with E-state index >= 15 is 0 Å². The van der Waals surface area contributed by atoms with Gasteiger partial charge in [-0.1, -0.05) is 47.5 Å². The quantitative estimate of drug-likeness (QED) is 0.278. The van der Waals surface area contributed by atoms with Gasteiger partial charge in [0.1, 0.15) is 5.82 Å². The first kappa shape index (κ1) is 21.5. The maximum atomic E-state index is 13.3. The summed E-state index contributed by atoms with van der Waals surface area (Å²) in [5, 5.41) is 6.70.